The highest BCUT2D eigenvalue weighted by Gasteiger charge is 2.25. The fourth-order valence-corrected chi connectivity index (χ4v) is 4.44. The fourth-order valence-electron chi connectivity index (χ4n) is 4.31. The number of hydrogen-bond acceptors (Lipinski definition) is 5. The molecule has 0 saturated carbocycles. The van der Waals surface area contributed by atoms with Crippen molar-refractivity contribution in [1.29, 1.82) is 0 Å². The Kier molecular flexibility index (Phi) is 6.48. The van der Waals surface area contributed by atoms with Crippen LogP contribution < -0.4 is 10.5 Å². The number of nitrogens with zero attached hydrogens (tertiary/aromatic N) is 1. The second-order valence-corrected chi connectivity index (χ2v) is 8.30. The Morgan fingerprint density at radius 1 is 1.21 bits per heavy atom. The lowest BCUT2D eigenvalue weighted by atomic mass is 9.95. The van der Waals surface area contributed by atoms with Gasteiger partial charge in [0, 0.05) is 43.6 Å². The van der Waals surface area contributed by atoms with Crippen molar-refractivity contribution in [3.63, 3.8) is 0 Å². The van der Waals surface area contributed by atoms with Crippen LogP contribution in [0.2, 0.25) is 0 Å². The zero-order valence-corrected chi connectivity index (χ0v) is 18.0. The van der Waals surface area contributed by atoms with E-state index in [1.165, 1.54) is 16.7 Å². The van der Waals surface area contributed by atoms with Gasteiger partial charge in [0.15, 0.2) is 0 Å². The average molecular weight is 411 g/mol. The van der Waals surface area contributed by atoms with Crippen LogP contribution in [0.1, 0.15) is 40.7 Å². The number of nitrogens with two attached hydrogens (primary N) is 1. The minimum Gasteiger partial charge on any atom is -0.488 e. The Labute approximate surface area is 179 Å². The Balaban J connectivity index is 1.43. The molecule has 0 atom stereocenters. The summed E-state index contributed by atoms with van der Waals surface area (Å²) < 4.78 is 11.6. The van der Waals surface area contributed by atoms with Crippen molar-refractivity contribution in [3.8, 4) is 5.75 Å². The lowest BCUT2D eigenvalue weighted by molar-refractivity contribution is 0.0290. The van der Waals surface area contributed by atoms with Crippen LogP contribution in [0.5, 0.6) is 5.75 Å². The number of aryl methyl sites for hydroxylation is 1. The number of ether oxygens (including phenoxy) is 2. The van der Waals surface area contributed by atoms with Crippen molar-refractivity contribution in [3.05, 3.63) is 69.6 Å². The first-order valence-electron chi connectivity index (χ1n) is 10.4. The zero-order chi connectivity index (χ0) is 20.2. The van der Waals surface area contributed by atoms with Gasteiger partial charge < -0.3 is 15.2 Å². The summed E-state index contributed by atoms with van der Waals surface area (Å²) in [6.07, 6.45) is 3.42. The lowest BCUT2D eigenvalue weighted by Gasteiger charge is -2.37. The number of rotatable bonds is 5. The van der Waals surface area contributed by atoms with Crippen LogP contribution in [0.25, 0.3) is 5.70 Å². The van der Waals surface area contributed by atoms with E-state index >= 15 is 0 Å². The van der Waals surface area contributed by atoms with Gasteiger partial charge in [-0.3, -0.25) is 4.90 Å². The van der Waals surface area contributed by atoms with Gasteiger partial charge in [0.25, 0.3) is 0 Å². The SMILES string of the molecule is Cc1ccc(OCc2ccc3c(c2)CCN(C2CCOCC2)C3)c(/C(N)=C/S)c1. The molecule has 0 spiro atoms. The maximum absolute atomic E-state index is 6.13. The molecule has 0 bridgehead atoms. The number of benzene rings is 2. The van der Waals surface area contributed by atoms with E-state index in [2.05, 4.69) is 35.7 Å². The molecule has 4 nitrogen and oxygen atoms in total. The first-order valence-corrected chi connectivity index (χ1v) is 10.9. The van der Waals surface area contributed by atoms with Gasteiger partial charge >= 0.3 is 0 Å². The smallest absolute Gasteiger partial charge is 0.129 e. The molecule has 0 aromatic heterocycles. The van der Waals surface area contributed by atoms with Crippen LogP contribution in [-0.4, -0.2) is 30.7 Å². The van der Waals surface area contributed by atoms with Crippen molar-refractivity contribution in [2.45, 2.75) is 45.4 Å². The second-order valence-electron chi connectivity index (χ2n) is 8.04. The minimum absolute atomic E-state index is 0.535. The first-order chi connectivity index (χ1) is 14.1. The van der Waals surface area contributed by atoms with Crippen molar-refractivity contribution >= 4 is 18.3 Å². The highest BCUT2D eigenvalue weighted by atomic mass is 32.1. The molecule has 2 heterocycles. The quantitative estimate of drug-likeness (QED) is 0.722. The Morgan fingerprint density at radius 3 is 2.83 bits per heavy atom. The largest absolute Gasteiger partial charge is 0.488 e. The molecule has 1 fully saturated rings. The number of hydrogen-bond donors (Lipinski definition) is 2. The summed E-state index contributed by atoms with van der Waals surface area (Å²) >= 11 is 4.19. The summed E-state index contributed by atoms with van der Waals surface area (Å²) in [5, 5.41) is 1.62. The topological polar surface area (TPSA) is 47.7 Å². The van der Waals surface area contributed by atoms with Crippen LogP contribution in [0.15, 0.2) is 41.8 Å². The predicted molar refractivity (Wildman–Crippen MR) is 121 cm³/mol. The predicted octanol–water partition coefficient (Wildman–Crippen LogP) is 4.30. The van der Waals surface area contributed by atoms with Gasteiger partial charge in [0.1, 0.15) is 12.4 Å². The van der Waals surface area contributed by atoms with Crippen molar-refractivity contribution in [2.75, 3.05) is 19.8 Å². The van der Waals surface area contributed by atoms with Gasteiger partial charge in [-0.15, -0.1) is 12.6 Å². The van der Waals surface area contributed by atoms with Gasteiger partial charge in [-0.05, 0) is 60.4 Å². The normalized spacial score (nSPS) is 18.5. The molecule has 4 rings (SSSR count). The van der Waals surface area contributed by atoms with Crippen LogP contribution in [0.4, 0.5) is 0 Å². The maximum Gasteiger partial charge on any atom is 0.129 e. The highest BCUT2D eigenvalue weighted by molar-refractivity contribution is 7.83. The van der Waals surface area contributed by atoms with E-state index in [9.17, 15) is 0 Å². The molecule has 2 aromatic carbocycles. The van der Waals surface area contributed by atoms with Crippen LogP contribution in [0.3, 0.4) is 0 Å². The third kappa shape index (κ3) is 4.80. The monoisotopic (exact) mass is 410 g/mol. The molecule has 0 unspecified atom stereocenters. The number of fused-ring (bicyclic) bond motifs is 1. The molecule has 154 valence electrons. The first kappa shape index (κ1) is 20.3. The van der Waals surface area contributed by atoms with E-state index in [0.29, 0.717) is 18.3 Å². The minimum atomic E-state index is 0.535. The zero-order valence-electron chi connectivity index (χ0n) is 17.1. The lowest BCUT2D eigenvalue weighted by Crippen LogP contribution is -2.42. The van der Waals surface area contributed by atoms with Gasteiger partial charge in [0.2, 0.25) is 0 Å². The van der Waals surface area contributed by atoms with Crippen LogP contribution >= 0.6 is 12.6 Å². The van der Waals surface area contributed by atoms with Crippen molar-refractivity contribution in [2.24, 2.45) is 5.73 Å². The third-order valence-corrected chi connectivity index (χ3v) is 6.28. The fraction of sp³-hybridized carbons (Fsp3) is 0.417. The van der Waals surface area contributed by atoms with Crippen molar-refractivity contribution in [1.82, 2.24) is 4.90 Å². The van der Waals surface area contributed by atoms with Gasteiger partial charge in [-0.25, -0.2) is 0 Å². The van der Waals surface area contributed by atoms with E-state index < -0.39 is 0 Å². The third-order valence-electron chi connectivity index (χ3n) is 6.00. The summed E-state index contributed by atoms with van der Waals surface area (Å²) in [7, 11) is 0. The summed E-state index contributed by atoms with van der Waals surface area (Å²) in [4.78, 5) is 2.63. The van der Waals surface area contributed by atoms with E-state index in [1.54, 1.807) is 5.41 Å². The summed E-state index contributed by atoms with van der Waals surface area (Å²) in [6.45, 7) is 6.56. The molecule has 5 heteroatoms. The standard InChI is InChI=1S/C24H30N2O2S/c1-17-2-5-24(22(12-17)23(25)16-29)28-15-18-3-4-20-14-26(9-6-19(20)13-18)21-7-10-27-11-8-21/h2-5,12-13,16,21,29H,6-11,14-15,25H2,1H3/b23-16-. The molecule has 2 aliphatic rings. The van der Waals surface area contributed by atoms with E-state index in [0.717, 1.165) is 62.4 Å². The Bertz CT molecular complexity index is 890. The highest BCUT2D eigenvalue weighted by Crippen LogP contribution is 2.28. The maximum atomic E-state index is 6.13. The summed E-state index contributed by atoms with van der Waals surface area (Å²) in [6, 6.07) is 13.5. The van der Waals surface area contributed by atoms with E-state index in [4.69, 9.17) is 15.2 Å². The molecule has 2 aliphatic heterocycles. The second kappa shape index (κ2) is 9.24. The Morgan fingerprint density at radius 2 is 2.03 bits per heavy atom. The molecule has 0 amide bonds. The van der Waals surface area contributed by atoms with Gasteiger partial charge in [0.05, 0.1) is 0 Å². The molecule has 0 radical (unpaired) electrons. The van der Waals surface area contributed by atoms with E-state index in [1.807, 2.05) is 25.1 Å². The molecule has 2 aromatic rings. The Hall–Kier alpha value is -1.95. The molecule has 1 saturated heterocycles. The van der Waals surface area contributed by atoms with Gasteiger partial charge in [-0.2, -0.15) is 0 Å². The molecule has 0 aliphatic carbocycles. The van der Waals surface area contributed by atoms with Crippen LogP contribution in [0, 0.1) is 6.92 Å². The average Bonchev–Trinajstić information content (AvgIpc) is 2.77. The van der Waals surface area contributed by atoms with Crippen LogP contribution in [-0.2, 0) is 24.3 Å². The molecular weight excluding hydrogens is 380 g/mol. The van der Waals surface area contributed by atoms with Gasteiger partial charge in [-0.1, -0.05) is 29.8 Å². The molecule has 2 N–H and O–H groups in total. The molecule has 29 heavy (non-hydrogen) atoms. The summed E-state index contributed by atoms with van der Waals surface area (Å²) in [5.74, 6) is 0.793. The van der Waals surface area contributed by atoms with E-state index in [-0.39, 0.29) is 0 Å². The van der Waals surface area contributed by atoms with Crippen molar-refractivity contribution < 1.29 is 9.47 Å². The molecular formula is C24H30N2O2S. The number of thiol groups is 1. The summed E-state index contributed by atoms with van der Waals surface area (Å²) in [5.41, 5.74) is 12.8.